The Morgan fingerprint density at radius 1 is 0.985 bits per heavy atom. The van der Waals surface area contributed by atoms with Gasteiger partial charge in [-0.15, -0.1) is 5.10 Å². The number of nitrogens with one attached hydrogen (secondary N) is 2. The third-order valence-corrected chi connectivity index (χ3v) is 12.6. The lowest BCUT2D eigenvalue weighted by Crippen LogP contribution is -2.56. The van der Waals surface area contributed by atoms with Crippen LogP contribution in [0, 0.1) is 0 Å². The van der Waals surface area contributed by atoms with E-state index in [0.717, 1.165) is 58.5 Å². The molecule has 17 nitrogen and oxygen atoms in total. The molecule has 1 saturated heterocycles. The molecule has 2 aliphatic heterocycles. The minimum atomic E-state index is -4.67. The van der Waals surface area contributed by atoms with Crippen LogP contribution in [0.4, 0.5) is 19.1 Å². The highest BCUT2D eigenvalue weighted by Gasteiger charge is 2.40. The van der Waals surface area contributed by atoms with E-state index in [1.807, 2.05) is 56.3 Å². The highest BCUT2D eigenvalue weighted by Crippen LogP contribution is 2.38. The third kappa shape index (κ3) is 10.9. The van der Waals surface area contributed by atoms with E-state index in [-0.39, 0.29) is 43.2 Å². The van der Waals surface area contributed by atoms with Crippen LogP contribution in [0.3, 0.4) is 0 Å². The minimum Gasteiger partial charge on any atom is -0.491 e. The van der Waals surface area contributed by atoms with Gasteiger partial charge in [-0.1, -0.05) is 55.8 Å². The molecule has 68 heavy (non-hydrogen) atoms. The summed E-state index contributed by atoms with van der Waals surface area (Å²) in [6, 6.07) is 18.2. The van der Waals surface area contributed by atoms with Crippen molar-refractivity contribution in [3.8, 4) is 16.9 Å². The molecule has 3 aromatic heterocycles. The number of aromatic nitrogens is 6. The second-order valence-electron chi connectivity index (χ2n) is 18.1. The molecule has 0 aliphatic carbocycles. The number of hydrogen-bond acceptors (Lipinski definition) is 13. The topological polar surface area (TPSA) is 245 Å². The number of ether oxygens (including phenoxy) is 2. The number of hydrogen-bond donors (Lipinski definition) is 7. The van der Waals surface area contributed by atoms with Crippen molar-refractivity contribution in [3.05, 3.63) is 119 Å². The Balaban J connectivity index is 0.834. The molecule has 20 heteroatoms. The van der Waals surface area contributed by atoms with E-state index in [1.54, 1.807) is 29.1 Å². The maximum Gasteiger partial charge on any atom is 0.433 e. The van der Waals surface area contributed by atoms with Gasteiger partial charge in [0.15, 0.2) is 0 Å². The van der Waals surface area contributed by atoms with Crippen LogP contribution >= 0.6 is 0 Å². The first-order valence-electron chi connectivity index (χ1n) is 22.4. The van der Waals surface area contributed by atoms with Gasteiger partial charge in [0.05, 0.1) is 54.7 Å². The lowest BCUT2D eigenvalue weighted by molar-refractivity contribution is -0.145. The summed E-state index contributed by atoms with van der Waals surface area (Å²) in [6.07, 6.45) is -1.89. The molecular formula is C48H54F3N9O8. The molecule has 6 aromatic rings. The van der Waals surface area contributed by atoms with Crippen molar-refractivity contribution in [1.29, 1.82) is 0 Å². The Kier molecular flexibility index (Phi) is 14.1. The average Bonchev–Trinajstić information content (AvgIpc) is 4.05. The SMILES string of the molecule is CC(C)(CNC(=O)CCCCCc1cn(C[C@H]2OC[C@H](Nc3nccc(C(F)(F)F)n3)[C@@H](O)[C@H]2O)nn1)c1cc(-c2ccc3c(c2)[C@H](N)CO3)cc(C(O)Cn2ccc3cccc(C(=O)O)c32)c1. The molecule has 8 rings (SSSR count). The third-order valence-electron chi connectivity index (χ3n) is 12.6. The van der Waals surface area contributed by atoms with Crippen LogP contribution in [0.25, 0.3) is 22.0 Å². The van der Waals surface area contributed by atoms with Gasteiger partial charge in [-0.3, -0.25) is 4.79 Å². The number of fused-ring (bicyclic) bond motifs is 2. The number of unbranched alkanes of at least 4 members (excludes halogenated alkanes) is 2. The molecule has 6 atom stereocenters. The first kappa shape index (κ1) is 48.0. The van der Waals surface area contributed by atoms with Gasteiger partial charge in [-0.2, -0.15) is 13.2 Å². The number of aromatic carboxylic acids is 1. The van der Waals surface area contributed by atoms with Crippen LogP contribution in [0.5, 0.6) is 5.75 Å². The fraction of sp³-hybridized carbons (Fsp3) is 0.417. The lowest BCUT2D eigenvalue weighted by atomic mass is 9.81. The van der Waals surface area contributed by atoms with Gasteiger partial charge < -0.3 is 50.8 Å². The Bertz CT molecular complexity index is 2760. The van der Waals surface area contributed by atoms with E-state index in [9.17, 15) is 43.2 Å². The normalized spacial score (nSPS) is 19.9. The summed E-state index contributed by atoms with van der Waals surface area (Å²) in [7, 11) is 0. The molecule has 3 aromatic carbocycles. The van der Waals surface area contributed by atoms with E-state index in [4.69, 9.17) is 15.2 Å². The van der Waals surface area contributed by atoms with Crippen LogP contribution in [0.15, 0.2) is 85.3 Å². The van der Waals surface area contributed by atoms with Gasteiger partial charge in [0.2, 0.25) is 11.9 Å². The van der Waals surface area contributed by atoms with Crippen LogP contribution in [-0.4, -0.2) is 106 Å². The number of carbonyl (C=O) groups excluding carboxylic acids is 1. The Hall–Kier alpha value is -6.45. The minimum absolute atomic E-state index is 0.0689. The highest BCUT2D eigenvalue weighted by atomic mass is 19.4. The second-order valence-corrected chi connectivity index (χ2v) is 18.1. The van der Waals surface area contributed by atoms with E-state index >= 15 is 0 Å². The molecule has 0 spiro atoms. The summed E-state index contributed by atoms with van der Waals surface area (Å²) in [5.74, 6) is -0.781. The van der Waals surface area contributed by atoms with Crippen molar-refractivity contribution < 1.29 is 52.7 Å². The van der Waals surface area contributed by atoms with Gasteiger partial charge in [0.1, 0.15) is 36.4 Å². The number of benzene rings is 3. The van der Waals surface area contributed by atoms with Gasteiger partial charge >= 0.3 is 12.1 Å². The zero-order chi connectivity index (χ0) is 48.3. The first-order valence-corrected chi connectivity index (χ1v) is 22.4. The smallest absolute Gasteiger partial charge is 0.433 e. The predicted octanol–water partition coefficient (Wildman–Crippen LogP) is 5.33. The highest BCUT2D eigenvalue weighted by molar-refractivity contribution is 6.02. The number of nitrogens with two attached hydrogens (primary N) is 1. The van der Waals surface area contributed by atoms with Gasteiger partial charge in [0, 0.05) is 47.9 Å². The summed E-state index contributed by atoms with van der Waals surface area (Å²) < 4.78 is 54.0. The molecule has 5 heterocycles. The number of carboxylic acids is 1. The van der Waals surface area contributed by atoms with Crippen molar-refractivity contribution in [2.24, 2.45) is 5.73 Å². The van der Waals surface area contributed by atoms with Crippen LogP contribution in [0.2, 0.25) is 0 Å². The average molecular weight is 942 g/mol. The Labute approximate surface area is 389 Å². The number of amides is 1. The maximum absolute atomic E-state index is 13.2. The summed E-state index contributed by atoms with van der Waals surface area (Å²) in [6.45, 7) is 4.80. The van der Waals surface area contributed by atoms with Crippen molar-refractivity contribution in [3.63, 3.8) is 0 Å². The largest absolute Gasteiger partial charge is 0.491 e. The molecule has 8 N–H and O–H groups in total. The maximum atomic E-state index is 13.2. The van der Waals surface area contributed by atoms with Crippen molar-refractivity contribution >= 4 is 28.7 Å². The summed E-state index contributed by atoms with van der Waals surface area (Å²) >= 11 is 0. The number of aliphatic hydroxyl groups excluding tert-OH is 3. The molecule has 1 unspecified atom stereocenters. The summed E-state index contributed by atoms with van der Waals surface area (Å²) in [4.78, 5) is 32.5. The van der Waals surface area contributed by atoms with Crippen molar-refractivity contribution in [1.82, 2.24) is 34.8 Å². The fourth-order valence-corrected chi connectivity index (χ4v) is 8.62. The number of alkyl halides is 3. The zero-order valence-corrected chi connectivity index (χ0v) is 37.4. The monoisotopic (exact) mass is 941 g/mol. The Morgan fingerprint density at radius 2 is 1.81 bits per heavy atom. The first-order chi connectivity index (χ1) is 32.4. The molecule has 0 bridgehead atoms. The molecule has 2 aliphatic rings. The fourth-order valence-electron chi connectivity index (χ4n) is 8.62. The zero-order valence-electron chi connectivity index (χ0n) is 37.4. The predicted molar refractivity (Wildman–Crippen MR) is 243 cm³/mol. The number of aryl methyl sites for hydroxylation is 1. The number of para-hydroxylation sites is 1. The number of halogens is 3. The quantitative estimate of drug-likeness (QED) is 0.0539. The lowest BCUT2D eigenvalue weighted by Gasteiger charge is -2.37. The van der Waals surface area contributed by atoms with Crippen LogP contribution in [0.1, 0.15) is 90.1 Å². The van der Waals surface area contributed by atoms with E-state index in [2.05, 4.69) is 37.0 Å². The number of carbonyl (C=O) groups is 2. The number of aliphatic hydroxyl groups is 3. The second kappa shape index (κ2) is 20.0. The van der Waals surface area contributed by atoms with E-state index in [0.29, 0.717) is 49.2 Å². The summed E-state index contributed by atoms with van der Waals surface area (Å²) in [5.41, 5.74) is 10.1. The number of nitrogens with zero attached hydrogens (tertiary/aromatic N) is 6. The molecule has 0 radical (unpaired) electrons. The van der Waals surface area contributed by atoms with Gasteiger partial charge in [0.25, 0.3) is 0 Å². The van der Waals surface area contributed by atoms with E-state index < -0.39 is 53.7 Å². The number of anilines is 1. The van der Waals surface area contributed by atoms with Gasteiger partial charge in [-0.05, 0) is 77.9 Å². The molecule has 0 saturated carbocycles. The van der Waals surface area contributed by atoms with Gasteiger partial charge in [-0.25, -0.2) is 19.4 Å². The van der Waals surface area contributed by atoms with Crippen molar-refractivity contribution in [2.45, 2.75) is 107 Å². The standard InChI is InChI=1S/C48H54F3N9O8/c1-47(2,31-18-29(28-11-12-38-34(20-28)35(52)24-67-38)17-30(19-31)37(61)22-59-16-14-27-7-6-9-33(42(27)59)45(65)66)26-54-41(62)10-5-3-4-8-32-21-60(58-57-32)23-39-44(64)43(63)36(25-68-39)55-46-53-15-13-40(56-46)48(49,50)51/h6-7,9,11-21,35-37,39,43-44,61,63-64H,3-5,8,10,22-26,52H2,1-2H3,(H,54,62)(H,65,66)(H,53,55,56)/t35-,36+,37?,39-,43-,44+/m1/s1. The number of carboxylic acid groups (broad SMARTS) is 1. The van der Waals surface area contributed by atoms with E-state index in [1.165, 1.54) is 4.68 Å². The van der Waals surface area contributed by atoms with Crippen LogP contribution in [-0.2, 0) is 40.6 Å². The Morgan fingerprint density at radius 3 is 2.60 bits per heavy atom. The molecule has 1 fully saturated rings. The molecule has 360 valence electrons. The molecule has 1 amide bonds. The number of rotatable bonds is 18. The summed E-state index contributed by atoms with van der Waals surface area (Å²) in [5, 5.41) is 58.0. The molecular weight excluding hydrogens is 888 g/mol. The van der Waals surface area contributed by atoms with Crippen LogP contribution < -0.4 is 21.1 Å². The van der Waals surface area contributed by atoms with Crippen molar-refractivity contribution in [2.75, 3.05) is 25.1 Å².